The second-order valence-electron chi connectivity index (χ2n) is 6.38. The van der Waals surface area contributed by atoms with E-state index in [0.717, 1.165) is 5.56 Å². The van der Waals surface area contributed by atoms with Gasteiger partial charge in [-0.1, -0.05) is 40.9 Å². The molecule has 0 atom stereocenters. The molecular weight excluding hydrogens is 459 g/mol. The maximum atomic E-state index is 12.3. The molecular formula is C23H19Cl3N2O3. The number of nitrogens with zero attached hydrogens (tertiary/aromatic N) is 1. The van der Waals surface area contributed by atoms with E-state index >= 15 is 0 Å². The number of nitrogens with one attached hydrogen (secondary N) is 1. The molecule has 0 radical (unpaired) electrons. The highest BCUT2D eigenvalue weighted by Crippen LogP contribution is 2.25. The maximum absolute atomic E-state index is 12.3. The standard InChI is InChI=1S/C23H19Cl3N2O3/c1-2-30-19-7-4-16(5-8-19)23(29)28-27-13-17-12-18(24)6-10-22(17)31-14-15-3-9-20(25)21(26)11-15/h3-13H,2,14H2,1H3,(H,28,29)/b27-13+. The molecule has 160 valence electrons. The molecule has 0 unspecified atom stereocenters. The molecule has 8 heteroatoms. The van der Waals surface area contributed by atoms with Crippen molar-refractivity contribution in [1.29, 1.82) is 0 Å². The van der Waals surface area contributed by atoms with Gasteiger partial charge < -0.3 is 9.47 Å². The molecule has 0 bridgehead atoms. The molecule has 31 heavy (non-hydrogen) atoms. The van der Waals surface area contributed by atoms with Crippen LogP contribution in [0.5, 0.6) is 11.5 Å². The van der Waals surface area contributed by atoms with Gasteiger partial charge in [-0.15, -0.1) is 0 Å². The van der Waals surface area contributed by atoms with Gasteiger partial charge in [0.05, 0.1) is 22.9 Å². The Morgan fingerprint density at radius 3 is 2.45 bits per heavy atom. The van der Waals surface area contributed by atoms with Crippen molar-refractivity contribution in [2.24, 2.45) is 5.10 Å². The zero-order chi connectivity index (χ0) is 22.2. The van der Waals surface area contributed by atoms with Gasteiger partial charge in [0.25, 0.3) is 5.91 Å². The van der Waals surface area contributed by atoms with Crippen molar-refractivity contribution in [2.75, 3.05) is 6.61 Å². The van der Waals surface area contributed by atoms with Gasteiger partial charge in [0, 0.05) is 16.1 Å². The van der Waals surface area contributed by atoms with E-state index in [0.29, 0.717) is 44.3 Å². The Morgan fingerprint density at radius 2 is 1.74 bits per heavy atom. The van der Waals surface area contributed by atoms with Crippen LogP contribution in [-0.4, -0.2) is 18.7 Å². The fourth-order valence-electron chi connectivity index (χ4n) is 2.64. The molecule has 0 saturated carbocycles. The lowest BCUT2D eigenvalue weighted by atomic mass is 10.2. The first-order valence-electron chi connectivity index (χ1n) is 9.39. The average molecular weight is 478 g/mol. The molecule has 3 aromatic rings. The van der Waals surface area contributed by atoms with Crippen molar-refractivity contribution in [1.82, 2.24) is 5.43 Å². The minimum Gasteiger partial charge on any atom is -0.494 e. The fraction of sp³-hybridized carbons (Fsp3) is 0.130. The molecule has 1 amide bonds. The summed E-state index contributed by atoms with van der Waals surface area (Å²) in [6, 6.07) is 17.2. The van der Waals surface area contributed by atoms with Crippen LogP contribution in [0.1, 0.15) is 28.4 Å². The molecule has 0 spiro atoms. The van der Waals surface area contributed by atoms with Crippen molar-refractivity contribution in [3.05, 3.63) is 92.4 Å². The van der Waals surface area contributed by atoms with Gasteiger partial charge in [0.2, 0.25) is 0 Å². The van der Waals surface area contributed by atoms with Crippen molar-refractivity contribution in [3.8, 4) is 11.5 Å². The first kappa shape index (κ1) is 22.9. The van der Waals surface area contributed by atoms with E-state index in [2.05, 4.69) is 10.5 Å². The first-order valence-corrected chi connectivity index (χ1v) is 10.5. The summed E-state index contributed by atoms with van der Waals surface area (Å²) < 4.78 is 11.2. The Balaban J connectivity index is 1.66. The monoisotopic (exact) mass is 476 g/mol. The molecule has 0 saturated heterocycles. The normalized spacial score (nSPS) is 10.8. The number of amides is 1. The van der Waals surface area contributed by atoms with Gasteiger partial charge in [-0.05, 0) is 67.1 Å². The Labute approximate surface area is 195 Å². The largest absolute Gasteiger partial charge is 0.494 e. The van der Waals surface area contributed by atoms with Crippen molar-refractivity contribution < 1.29 is 14.3 Å². The summed E-state index contributed by atoms with van der Waals surface area (Å²) in [5.74, 6) is 0.902. The lowest BCUT2D eigenvalue weighted by Crippen LogP contribution is -2.17. The number of rotatable bonds is 8. The van der Waals surface area contributed by atoms with Crippen LogP contribution >= 0.6 is 34.8 Å². The number of benzene rings is 3. The van der Waals surface area contributed by atoms with E-state index in [4.69, 9.17) is 44.3 Å². The van der Waals surface area contributed by atoms with Crippen LogP contribution in [-0.2, 0) is 6.61 Å². The SMILES string of the molecule is CCOc1ccc(C(=O)N/N=C/c2cc(Cl)ccc2OCc2ccc(Cl)c(Cl)c2)cc1. The van der Waals surface area contributed by atoms with Crippen LogP contribution in [0, 0.1) is 0 Å². The van der Waals surface area contributed by atoms with Crippen molar-refractivity contribution >= 4 is 46.9 Å². The quantitative estimate of drug-likeness (QED) is 0.302. The molecule has 1 N–H and O–H groups in total. The molecule has 5 nitrogen and oxygen atoms in total. The number of hydrogen-bond donors (Lipinski definition) is 1. The van der Waals surface area contributed by atoms with Crippen LogP contribution in [0.4, 0.5) is 0 Å². The van der Waals surface area contributed by atoms with Gasteiger partial charge in [-0.25, -0.2) is 5.43 Å². The fourth-order valence-corrected chi connectivity index (χ4v) is 3.14. The summed E-state index contributed by atoms with van der Waals surface area (Å²) in [6.07, 6.45) is 1.47. The summed E-state index contributed by atoms with van der Waals surface area (Å²) in [5, 5.41) is 5.48. The van der Waals surface area contributed by atoms with Gasteiger partial charge >= 0.3 is 0 Å². The topological polar surface area (TPSA) is 59.9 Å². The lowest BCUT2D eigenvalue weighted by molar-refractivity contribution is 0.0955. The van der Waals surface area contributed by atoms with Crippen LogP contribution in [0.2, 0.25) is 15.1 Å². The smallest absolute Gasteiger partial charge is 0.271 e. The first-order chi connectivity index (χ1) is 15.0. The highest BCUT2D eigenvalue weighted by atomic mass is 35.5. The second-order valence-corrected chi connectivity index (χ2v) is 7.63. The van der Waals surface area contributed by atoms with Crippen LogP contribution in [0.3, 0.4) is 0 Å². The molecule has 3 aromatic carbocycles. The molecule has 0 aliphatic carbocycles. The summed E-state index contributed by atoms with van der Waals surface area (Å²) in [4.78, 5) is 12.3. The number of halogens is 3. The zero-order valence-electron chi connectivity index (χ0n) is 16.6. The summed E-state index contributed by atoms with van der Waals surface area (Å²) in [5.41, 5.74) is 4.42. The summed E-state index contributed by atoms with van der Waals surface area (Å²) in [7, 11) is 0. The third-order valence-electron chi connectivity index (χ3n) is 4.15. The predicted octanol–water partition coefficient (Wildman–Crippen LogP) is 6.39. The molecule has 3 rings (SSSR count). The number of carbonyl (C=O) groups excluding carboxylic acids is 1. The van der Waals surface area contributed by atoms with E-state index < -0.39 is 0 Å². The number of hydrogen-bond acceptors (Lipinski definition) is 4. The van der Waals surface area contributed by atoms with E-state index in [1.165, 1.54) is 6.21 Å². The zero-order valence-corrected chi connectivity index (χ0v) is 18.8. The van der Waals surface area contributed by atoms with E-state index in [1.807, 2.05) is 13.0 Å². The van der Waals surface area contributed by atoms with E-state index in [1.54, 1.807) is 54.6 Å². The minimum absolute atomic E-state index is 0.276. The van der Waals surface area contributed by atoms with E-state index in [9.17, 15) is 4.79 Å². The molecule has 0 aromatic heterocycles. The van der Waals surface area contributed by atoms with Crippen molar-refractivity contribution in [2.45, 2.75) is 13.5 Å². The Morgan fingerprint density at radius 1 is 0.968 bits per heavy atom. The Hall–Kier alpha value is -2.73. The Bertz CT molecular complexity index is 1090. The number of hydrazone groups is 1. The van der Waals surface area contributed by atoms with E-state index in [-0.39, 0.29) is 12.5 Å². The Kier molecular flexibility index (Phi) is 8.18. The van der Waals surface area contributed by atoms with Gasteiger partial charge in [0.1, 0.15) is 18.1 Å². The molecule has 0 fully saturated rings. The molecule has 0 heterocycles. The third-order valence-corrected chi connectivity index (χ3v) is 5.12. The van der Waals surface area contributed by atoms with Crippen molar-refractivity contribution in [3.63, 3.8) is 0 Å². The van der Waals surface area contributed by atoms with Crippen LogP contribution in [0.25, 0.3) is 0 Å². The number of carbonyl (C=O) groups is 1. The predicted molar refractivity (Wildman–Crippen MR) is 125 cm³/mol. The maximum Gasteiger partial charge on any atom is 0.271 e. The highest BCUT2D eigenvalue weighted by molar-refractivity contribution is 6.42. The number of ether oxygens (including phenoxy) is 2. The summed E-state index contributed by atoms with van der Waals surface area (Å²) >= 11 is 18.1. The highest BCUT2D eigenvalue weighted by Gasteiger charge is 2.07. The summed E-state index contributed by atoms with van der Waals surface area (Å²) in [6.45, 7) is 2.73. The van der Waals surface area contributed by atoms with Gasteiger partial charge in [-0.2, -0.15) is 5.10 Å². The van der Waals surface area contributed by atoms with Crippen LogP contribution < -0.4 is 14.9 Å². The minimum atomic E-state index is -0.348. The van der Waals surface area contributed by atoms with Gasteiger partial charge in [-0.3, -0.25) is 4.79 Å². The average Bonchev–Trinajstić information content (AvgIpc) is 2.76. The third kappa shape index (κ3) is 6.62. The molecule has 0 aliphatic rings. The van der Waals surface area contributed by atoms with Gasteiger partial charge in [0.15, 0.2) is 0 Å². The lowest BCUT2D eigenvalue weighted by Gasteiger charge is -2.10. The van der Waals surface area contributed by atoms with Crippen LogP contribution in [0.15, 0.2) is 65.8 Å². The second kappa shape index (κ2) is 11.0. The molecule has 0 aliphatic heterocycles.